The summed E-state index contributed by atoms with van der Waals surface area (Å²) >= 11 is 4.80. The van der Waals surface area contributed by atoms with Gasteiger partial charge in [-0.25, -0.2) is 4.98 Å². The van der Waals surface area contributed by atoms with Gasteiger partial charge in [0, 0.05) is 7.05 Å². The summed E-state index contributed by atoms with van der Waals surface area (Å²) in [6.45, 7) is 0. The fourth-order valence-electron chi connectivity index (χ4n) is 0.905. The third-order valence-corrected chi connectivity index (χ3v) is 2.99. The van der Waals surface area contributed by atoms with Crippen molar-refractivity contribution in [3.05, 3.63) is 29.1 Å². The van der Waals surface area contributed by atoms with Crippen LogP contribution >= 0.6 is 27.7 Å². The van der Waals surface area contributed by atoms with E-state index in [0.717, 1.165) is 14.8 Å². The van der Waals surface area contributed by atoms with Gasteiger partial charge in [0.25, 0.3) is 0 Å². The Morgan fingerprint density at radius 3 is 2.93 bits per heavy atom. The second-order valence-electron chi connectivity index (χ2n) is 2.63. The van der Waals surface area contributed by atoms with Crippen LogP contribution in [0.4, 0.5) is 0 Å². The lowest BCUT2D eigenvalue weighted by Gasteiger charge is -1.99. The Hall–Kier alpha value is -0.880. The first-order valence-corrected chi connectivity index (χ1v) is 5.51. The van der Waals surface area contributed by atoms with Crippen LogP contribution in [0, 0.1) is 0 Å². The van der Waals surface area contributed by atoms with E-state index in [4.69, 9.17) is 0 Å². The van der Waals surface area contributed by atoms with Gasteiger partial charge in [0.2, 0.25) is 0 Å². The van der Waals surface area contributed by atoms with Gasteiger partial charge < -0.3 is 4.57 Å². The number of hydrogen-bond donors (Lipinski definition) is 0. The number of nitrogens with zero attached hydrogens (tertiary/aromatic N) is 4. The van der Waals surface area contributed by atoms with E-state index in [1.54, 1.807) is 6.33 Å². The van der Waals surface area contributed by atoms with Crippen molar-refractivity contribution in [3.8, 4) is 0 Å². The van der Waals surface area contributed by atoms with Crippen molar-refractivity contribution < 1.29 is 0 Å². The van der Waals surface area contributed by atoms with E-state index < -0.39 is 0 Å². The summed E-state index contributed by atoms with van der Waals surface area (Å²) in [5.74, 6) is 0. The highest BCUT2D eigenvalue weighted by Crippen LogP contribution is 2.24. The maximum Gasteiger partial charge on any atom is 0.197 e. The Bertz CT molecular complexity index is 442. The monoisotopic (exact) mass is 270 g/mol. The van der Waals surface area contributed by atoms with Crippen molar-refractivity contribution in [1.29, 1.82) is 0 Å². The minimum Gasteiger partial charge on any atom is -0.311 e. The zero-order valence-electron chi connectivity index (χ0n) is 7.38. The van der Waals surface area contributed by atoms with Crippen molar-refractivity contribution in [3.63, 3.8) is 0 Å². The number of aromatic nitrogens is 4. The largest absolute Gasteiger partial charge is 0.311 e. The molecule has 0 spiro atoms. The zero-order chi connectivity index (χ0) is 9.97. The molecule has 0 fully saturated rings. The molecule has 2 aromatic rings. The van der Waals surface area contributed by atoms with Crippen LogP contribution < -0.4 is 0 Å². The Morgan fingerprint density at radius 2 is 2.29 bits per heavy atom. The Kier molecular flexibility index (Phi) is 2.83. The molecule has 14 heavy (non-hydrogen) atoms. The zero-order valence-corrected chi connectivity index (χ0v) is 9.79. The lowest BCUT2D eigenvalue weighted by molar-refractivity contribution is 0.787. The topological polar surface area (TPSA) is 43.6 Å². The number of rotatable bonds is 2. The second kappa shape index (κ2) is 4.10. The highest BCUT2D eigenvalue weighted by molar-refractivity contribution is 9.10. The molecule has 0 saturated heterocycles. The summed E-state index contributed by atoms with van der Waals surface area (Å²) in [4.78, 5) is 4.29. The molecule has 2 rings (SSSR count). The van der Waals surface area contributed by atoms with Gasteiger partial charge in [-0.05, 0) is 39.8 Å². The van der Waals surface area contributed by atoms with Crippen LogP contribution in [0.5, 0.6) is 0 Å². The molecule has 0 atom stereocenters. The summed E-state index contributed by atoms with van der Waals surface area (Å²) in [5, 5.41) is 9.48. The molecule has 0 amide bonds. The van der Waals surface area contributed by atoms with E-state index >= 15 is 0 Å². The fraction of sp³-hybridized carbons (Fsp3) is 0.125. The maximum atomic E-state index is 4.29. The molecule has 4 nitrogen and oxygen atoms in total. The Morgan fingerprint density at radius 1 is 1.43 bits per heavy atom. The minimum absolute atomic E-state index is 0.824. The lowest BCUT2D eigenvalue weighted by atomic mass is 10.5. The number of halogens is 1. The summed E-state index contributed by atoms with van der Waals surface area (Å²) in [5.41, 5.74) is 0. The first-order valence-electron chi connectivity index (χ1n) is 3.90. The molecular weight excluding hydrogens is 264 g/mol. The van der Waals surface area contributed by atoms with Gasteiger partial charge in [-0.15, -0.1) is 10.2 Å². The number of aryl methyl sites for hydroxylation is 1. The standard InChI is InChI=1S/C8H7BrN4S/c1-13-5-10-12-8(13)14-7-4-2-3-6(9)11-7/h2-5H,1H3. The molecule has 0 aliphatic carbocycles. The smallest absolute Gasteiger partial charge is 0.197 e. The van der Waals surface area contributed by atoms with Crippen molar-refractivity contribution in [2.75, 3.05) is 0 Å². The predicted molar refractivity (Wildman–Crippen MR) is 57.1 cm³/mol. The summed E-state index contributed by atoms with van der Waals surface area (Å²) < 4.78 is 2.68. The number of pyridine rings is 1. The summed E-state index contributed by atoms with van der Waals surface area (Å²) in [6.07, 6.45) is 1.67. The Labute approximate surface area is 93.9 Å². The van der Waals surface area contributed by atoms with Crippen LogP contribution in [0.1, 0.15) is 0 Å². The lowest BCUT2D eigenvalue weighted by Crippen LogP contribution is -1.89. The van der Waals surface area contributed by atoms with Crippen molar-refractivity contribution in [2.24, 2.45) is 7.05 Å². The van der Waals surface area contributed by atoms with Crippen LogP contribution in [0.2, 0.25) is 0 Å². The van der Waals surface area contributed by atoms with Crippen LogP contribution in [0.15, 0.2) is 39.3 Å². The van der Waals surface area contributed by atoms with E-state index in [0.29, 0.717) is 0 Å². The molecule has 72 valence electrons. The molecule has 0 aliphatic rings. The van der Waals surface area contributed by atoms with E-state index in [-0.39, 0.29) is 0 Å². The van der Waals surface area contributed by atoms with Gasteiger partial charge in [-0.3, -0.25) is 0 Å². The predicted octanol–water partition coefficient (Wildman–Crippen LogP) is 2.12. The molecule has 0 N–H and O–H groups in total. The average molecular weight is 271 g/mol. The Balaban J connectivity index is 2.23. The molecule has 0 bridgehead atoms. The normalized spacial score (nSPS) is 10.4. The fourth-order valence-corrected chi connectivity index (χ4v) is 2.12. The van der Waals surface area contributed by atoms with Gasteiger partial charge in [0.1, 0.15) is 16.0 Å². The minimum atomic E-state index is 0.824. The summed E-state index contributed by atoms with van der Waals surface area (Å²) in [6, 6.07) is 5.76. The van der Waals surface area contributed by atoms with E-state index in [9.17, 15) is 0 Å². The molecule has 2 heterocycles. The van der Waals surface area contributed by atoms with Crippen LogP contribution in [-0.4, -0.2) is 19.7 Å². The van der Waals surface area contributed by atoms with E-state index in [2.05, 4.69) is 31.1 Å². The summed E-state index contributed by atoms with van der Waals surface area (Å²) in [7, 11) is 1.90. The van der Waals surface area contributed by atoms with E-state index in [1.165, 1.54) is 11.8 Å². The third-order valence-electron chi connectivity index (χ3n) is 1.56. The number of hydrogen-bond acceptors (Lipinski definition) is 4. The highest BCUT2D eigenvalue weighted by Gasteiger charge is 2.04. The van der Waals surface area contributed by atoms with Gasteiger partial charge in [-0.2, -0.15) is 0 Å². The SMILES string of the molecule is Cn1cnnc1Sc1cccc(Br)n1. The first-order chi connectivity index (χ1) is 6.75. The maximum absolute atomic E-state index is 4.29. The molecular formula is C8H7BrN4S. The molecule has 0 radical (unpaired) electrons. The van der Waals surface area contributed by atoms with Crippen molar-refractivity contribution >= 4 is 27.7 Å². The van der Waals surface area contributed by atoms with Crippen LogP contribution in [0.3, 0.4) is 0 Å². The molecule has 0 aliphatic heterocycles. The molecule has 6 heteroatoms. The van der Waals surface area contributed by atoms with Crippen LogP contribution in [0.25, 0.3) is 0 Å². The van der Waals surface area contributed by atoms with Crippen LogP contribution in [-0.2, 0) is 7.05 Å². The van der Waals surface area contributed by atoms with Gasteiger partial charge in [-0.1, -0.05) is 6.07 Å². The molecule has 0 aromatic carbocycles. The third kappa shape index (κ3) is 2.13. The van der Waals surface area contributed by atoms with Gasteiger partial charge in [0.05, 0.1) is 0 Å². The van der Waals surface area contributed by atoms with Gasteiger partial charge in [0.15, 0.2) is 5.16 Å². The van der Waals surface area contributed by atoms with E-state index in [1.807, 2.05) is 29.8 Å². The average Bonchev–Trinajstić information content (AvgIpc) is 2.52. The van der Waals surface area contributed by atoms with Crippen molar-refractivity contribution in [2.45, 2.75) is 10.2 Å². The molecule has 2 aromatic heterocycles. The van der Waals surface area contributed by atoms with Gasteiger partial charge >= 0.3 is 0 Å². The van der Waals surface area contributed by atoms with Crippen molar-refractivity contribution in [1.82, 2.24) is 19.7 Å². The molecule has 0 saturated carbocycles. The first kappa shape index (κ1) is 9.67. The second-order valence-corrected chi connectivity index (χ2v) is 4.43. The highest BCUT2D eigenvalue weighted by atomic mass is 79.9. The molecule has 0 unspecified atom stereocenters. The quantitative estimate of drug-likeness (QED) is 0.785.